The van der Waals surface area contributed by atoms with Crippen LogP contribution in [0.3, 0.4) is 0 Å². The molecule has 0 bridgehead atoms. The molecule has 2 aromatic rings. The molecule has 21 heavy (non-hydrogen) atoms. The summed E-state index contributed by atoms with van der Waals surface area (Å²) in [4.78, 5) is 3.38. The second kappa shape index (κ2) is 6.75. The summed E-state index contributed by atoms with van der Waals surface area (Å²) in [7, 11) is 0. The van der Waals surface area contributed by atoms with Gasteiger partial charge in [0.05, 0.1) is 32.1 Å². The van der Waals surface area contributed by atoms with Gasteiger partial charge in [0.25, 0.3) is 0 Å². The van der Waals surface area contributed by atoms with Crippen LogP contribution in [0.15, 0.2) is 34.3 Å². The first kappa shape index (κ1) is 14.8. The van der Waals surface area contributed by atoms with Gasteiger partial charge in [-0.1, -0.05) is 6.07 Å². The van der Waals surface area contributed by atoms with E-state index in [2.05, 4.69) is 11.8 Å². The van der Waals surface area contributed by atoms with Gasteiger partial charge in [0.15, 0.2) is 0 Å². The van der Waals surface area contributed by atoms with Gasteiger partial charge in [0.2, 0.25) is 0 Å². The minimum atomic E-state index is -0.420. The molecule has 1 fully saturated rings. The molecule has 0 saturated carbocycles. The van der Waals surface area contributed by atoms with Crippen LogP contribution in [0.5, 0.6) is 0 Å². The van der Waals surface area contributed by atoms with Gasteiger partial charge >= 0.3 is 0 Å². The van der Waals surface area contributed by atoms with Crippen LogP contribution in [0, 0.1) is 6.92 Å². The van der Waals surface area contributed by atoms with E-state index in [4.69, 9.17) is 9.15 Å². The molecule has 1 N–H and O–H groups in total. The summed E-state index contributed by atoms with van der Waals surface area (Å²) >= 11 is 1.60. The number of aryl methyl sites for hydroxylation is 1. The molecule has 0 spiro atoms. The number of rotatable bonds is 5. The zero-order chi connectivity index (χ0) is 14.7. The number of thiophene rings is 1. The highest BCUT2D eigenvalue weighted by Gasteiger charge is 2.27. The van der Waals surface area contributed by atoms with Crippen LogP contribution < -0.4 is 0 Å². The van der Waals surface area contributed by atoms with Crippen LogP contribution in [0.25, 0.3) is 0 Å². The highest BCUT2D eigenvalue weighted by Crippen LogP contribution is 2.27. The zero-order valence-electron chi connectivity index (χ0n) is 12.2. The van der Waals surface area contributed by atoms with Crippen LogP contribution in [0.4, 0.5) is 0 Å². The van der Waals surface area contributed by atoms with Crippen molar-refractivity contribution in [3.8, 4) is 0 Å². The summed E-state index contributed by atoms with van der Waals surface area (Å²) in [6, 6.07) is 6.18. The zero-order valence-corrected chi connectivity index (χ0v) is 13.0. The number of hydrogen-bond acceptors (Lipinski definition) is 5. The highest BCUT2D eigenvalue weighted by molar-refractivity contribution is 7.10. The highest BCUT2D eigenvalue weighted by atomic mass is 32.1. The fraction of sp³-hybridized carbons (Fsp3) is 0.500. The Balaban J connectivity index is 1.65. The van der Waals surface area contributed by atoms with Crippen LogP contribution in [0.1, 0.15) is 28.7 Å². The number of morpholine rings is 1. The van der Waals surface area contributed by atoms with Crippen molar-refractivity contribution in [2.24, 2.45) is 0 Å². The normalized spacial score (nSPS) is 21.5. The lowest BCUT2D eigenvalue weighted by atomic mass is 10.1. The van der Waals surface area contributed by atoms with Crippen LogP contribution in [0.2, 0.25) is 0 Å². The van der Waals surface area contributed by atoms with Crippen molar-refractivity contribution in [1.82, 2.24) is 4.90 Å². The number of nitrogens with zero attached hydrogens (tertiary/aromatic N) is 1. The lowest BCUT2D eigenvalue weighted by molar-refractivity contribution is -0.0320. The molecule has 1 saturated heterocycles. The predicted molar refractivity (Wildman–Crippen MR) is 82.4 cm³/mol. The largest absolute Gasteiger partial charge is 0.468 e. The van der Waals surface area contributed by atoms with Crippen molar-refractivity contribution in [3.63, 3.8) is 0 Å². The number of ether oxygens (including phenoxy) is 1. The fourth-order valence-corrected chi connectivity index (χ4v) is 3.44. The summed E-state index contributed by atoms with van der Waals surface area (Å²) in [6.45, 7) is 5.13. The summed E-state index contributed by atoms with van der Waals surface area (Å²) in [5, 5.41) is 12.4. The third kappa shape index (κ3) is 3.55. The number of hydrogen-bond donors (Lipinski definition) is 1. The van der Waals surface area contributed by atoms with E-state index in [-0.39, 0.29) is 6.04 Å². The molecule has 2 aromatic heterocycles. The van der Waals surface area contributed by atoms with Crippen molar-refractivity contribution in [2.75, 3.05) is 19.8 Å². The quantitative estimate of drug-likeness (QED) is 0.922. The molecule has 2 unspecified atom stereocenters. The smallest absolute Gasteiger partial charge is 0.120 e. The Kier molecular flexibility index (Phi) is 4.75. The minimum Gasteiger partial charge on any atom is -0.468 e. The van der Waals surface area contributed by atoms with Gasteiger partial charge < -0.3 is 14.3 Å². The van der Waals surface area contributed by atoms with E-state index in [0.717, 1.165) is 30.3 Å². The Labute approximate surface area is 129 Å². The maximum atomic E-state index is 10.4. The van der Waals surface area contributed by atoms with Gasteiger partial charge in [0, 0.05) is 17.5 Å². The molecule has 114 valence electrons. The fourth-order valence-electron chi connectivity index (χ4n) is 2.72. The maximum Gasteiger partial charge on any atom is 0.120 e. The van der Waals surface area contributed by atoms with Gasteiger partial charge in [-0.25, -0.2) is 0 Å². The molecule has 5 heteroatoms. The van der Waals surface area contributed by atoms with Crippen molar-refractivity contribution >= 4 is 11.3 Å². The predicted octanol–water partition coefficient (Wildman–Crippen LogP) is 2.97. The number of aliphatic hydroxyl groups excluding tert-OH is 1. The van der Waals surface area contributed by atoms with Crippen molar-refractivity contribution in [1.29, 1.82) is 0 Å². The van der Waals surface area contributed by atoms with E-state index in [1.54, 1.807) is 17.6 Å². The Hall–Kier alpha value is -1.14. The first-order chi connectivity index (χ1) is 10.2. The van der Waals surface area contributed by atoms with Crippen LogP contribution in [-0.2, 0) is 11.3 Å². The summed E-state index contributed by atoms with van der Waals surface area (Å²) in [5.41, 5.74) is 1.18. The van der Waals surface area contributed by atoms with Crippen LogP contribution in [-0.4, -0.2) is 35.8 Å². The Morgan fingerprint density at radius 2 is 2.38 bits per heavy atom. The molecule has 4 nitrogen and oxygen atoms in total. The monoisotopic (exact) mass is 307 g/mol. The second-order valence-electron chi connectivity index (χ2n) is 5.49. The molecule has 3 rings (SSSR count). The first-order valence-corrected chi connectivity index (χ1v) is 8.18. The Bertz CT molecular complexity index is 552. The summed E-state index contributed by atoms with van der Waals surface area (Å²) in [6.07, 6.45) is 2.01. The van der Waals surface area contributed by atoms with Gasteiger partial charge in [-0.3, -0.25) is 4.90 Å². The van der Waals surface area contributed by atoms with Gasteiger partial charge in [-0.05, 0) is 36.4 Å². The molecule has 3 heterocycles. The minimum absolute atomic E-state index is 0.223. The molecule has 2 atom stereocenters. The van der Waals surface area contributed by atoms with E-state index in [0.29, 0.717) is 13.0 Å². The Morgan fingerprint density at radius 3 is 3.10 bits per heavy atom. The Morgan fingerprint density at radius 1 is 1.48 bits per heavy atom. The lowest BCUT2D eigenvalue weighted by Gasteiger charge is -2.36. The number of aliphatic hydroxyl groups is 1. The second-order valence-corrected chi connectivity index (χ2v) is 6.47. The van der Waals surface area contributed by atoms with Crippen molar-refractivity contribution in [2.45, 2.75) is 32.0 Å². The molecule has 0 aromatic carbocycles. The topological polar surface area (TPSA) is 45.8 Å². The van der Waals surface area contributed by atoms with E-state index >= 15 is 0 Å². The average molecular weight is 307 g/mol. The summed E-state index contributed by atoms with van der Waals surface area (Å²) < 4.78 is 11.1. The molecule has 0 aliphatic carbocycles. The average Bonchev–Trinajstić information content (AvgIpc) is 3.13. The van der Waals surface area contributed by atoms with Crippen LogP contribution >= 0.6 is 11.3 Å². The van der Waals surface area contributed by atoms with Crippen molar-refractivity contribution < 1.29 is 14.3 Å². The molecule has 0 amide bonds. The lowest BCUT2D eigenvalue weighted by Crippen LogP contribution is -2.45. The summed E-state index contributed by atoms with van der Waals surface area (Å²) in [5.74, 6) is 1.01. The third-order valence-electron chi connectivity index (χ3n) is 4.03. The van der Waals surface area contributed by atoms with E-state index in [1.165, 1.54) is 5.56 Å². The molecule has 0 radical (unpaired) electrons. The SMILES string of the molecule is Cc1ccoc1CN1CCOCC1CC(O)c1cccs1. The van der Waals surface area contributed by atoms with E-state index < -0.39 is 6.10 Å². The van der Waals surface area contributed by atoms with E-state index in [9.17, 15) is 5.11 Å². The van der Waals surface area contributed by atoms with Crippen molar-refractivity contribution in [3.05, 3.63) is 46.0 Å². The van der Waals surface area contributed by atoms with Gasteiger partial charge in [-0.15, -0.1) is 11.3 Å². The third-order valence-corrected chi connectivity index (χ3v) is 5.00. The molecule has 1 aliphatic heterocycles. The molecular formula is C16H21NO3S. The van der Waals surface area contributed by atoms with E-state index in [1.807, 2.05) is 23.6 Å². The van der Waals surface area contributed by atoms with Gasteiger partial charge in [0.1, 0.15) is 5.76 Å². The standard InChI is InChI=1S/C16H21NO3S/c1-12-4-6-20-15(12)10-17-5-7-19-11-13(17)9-14(18)16-3-2-8-21-16/h2-4,6,8,13-14,18H,5,7,9-11H2,1H3. The first-order valence-electron chi connectivity index (χ1n) is 7.30. The maximum absolute atomic E-state index is 10.4. The molecular weight excluding hydrogens is 286 g/mol. The molecule has 1 aliphatic rings. The number of furan rings is 1. The van der Waals surface area contributed by atoms with Gasteiger partial charge in [-0.2, -0.15) is 0 Å².